The number of hydrogen-bond donors (Lipinski definition) is 2. The fourth-order valence-corrected chi connectivity index (χ4v) is 3.89. The molecule has 0 aliphatic carbocycles. The third-order valence-corrected chi connectivity index (χ3v) is 5.82. The van der Waals surface area contributed by atoms with Crippen LogP contribution < -0.4 is 29.7 Å². The van der Waals surface area contributed by atoms with Crippen LogP contribution in [0.3, 0.4) is 0 Å². The van der Waals surface area contributed by atoms with Crippen molar-refractivity contribution in [1.29, 1.82) is 0 Å². The molecule has 10 heteroatoms. The average molecular weight is 479 g/mol. The van der Waals surface area contributed by atoms with Crippen molar-refractivity contribution in [3.63, 3.8) is 0 Å². The average Bonchev–Trinajstić information content (AvgIpc) is 2.88. The van der Waals surface area contributed by atoms with Crippen molar-refractivity contribution in [3.8, 4) is 28.5 Å². The number of amides is 2. The van der Waals surface area contributed by atoms with Gasteiger partial charge in [-0.25, -0.2) is 4.79 Å². The first-order chi connectivity index (χ1) is 17.0. The van der Waals surface area contributed by atoms with E-state index in [4.69, 9.17) is 14.2 Å². The number of urea groups is 1. The first kappa shape index (κ1) is 24.1. The maximum absolute atomic E-state index is 12.7. The summed E-state index contributed by atoms with van der Waals surface area (Å²) >= 11 is 0. The maximum Gasteiger partial charge on any atom is 0.323 e. The van der Waals surface area contributed by atoms with Gasteiger partial charge in [0.2, 0.25) is 5.75 Å². The van der Waals surface area contributed by atoms with Crippen LogP contribution >= 0.6 is 0 Å². The Balaban J connectivity index is 1.43. The Kier molecular flexibility index (Phi) is 7.51. The van der Waals surface area contributed by atoms with Crippen molar-refractivity contribution in [2.45, 2.75) is 0 Å². The number of nitrogens with one attached hydrogen (secondary N) is 2. The molecule has 0 radical (unpaired) electrons. The number of methoxy groups -OCH3 is 3. The number of nitrogens with zero attached hydrogens (tertiary/aromatic N) is 4. The number of ether oxygens (including phenoxy) is 3. The van der Waals surface area contributed by atoms with Crippen LogP contribution in [-0.4, -0.2) is 75.7 Å². The topological polar surface area (TPSA) is 101 Å². The zero-order valence-electron chi connectivity index (χ0n) is 20.4. The molecular formula is C25H30N6O4. The van der Waals surface area contributed by atoms with E-state index in [1.165, 1.54) is 21.3 Å². The fraction of sp³-hybridized carbons (Fsp3) is 0.320. The van der Waals surface area contributed by atoms with Crippen LogP contribution in [0.2, 0.25) is 0 Å². The Labute approximate surface area is 204 Å². The molecule has 1 aliphatic rings. The smallest absolute Gasteiger partial charge is 0.323 e. The molecule has 0 bridgehead atoms. The van der Waals surface area contributed by atoms with E-state index >= 15 is 0 Å². The highest BCUT2D eigenvalue weighted by Gasteiger charge is 2.17. The van der Waals surface area contributed by atoms with Crippen LogP contribution in [-0.2, 0) is 0 Å². The van der Waals surface area contributed by atoms with Crippen molar-refractivity contribution >= 4 is 23.2 Å². The minimum Gasteiger partial charge on any atom is -0.493 e. The van der Waals surface area contributed by atoms with E-state index < -0.39 is 6.03 Å². The van der Waals surface area contributed by atoms with Crippen LogP contribution in [0, 0.1) is 0 Å². The standard InChI is InChI=1S/C25H30N6O4/c1-30-10-12-31(13-11-30)23-9-8-20(28-29-23)17-6-5-7-18(14-17)26-25(32)27-19-15-21(33-2)24(35-4)22(16-19)34-3/h5-9,14-16H,10-13H2,1-4H3,(H2,26,27,32). The van der Waals surface area contributed by atoms with Gasteiger partial charge >= 0.3 is 6.03 Å². The van der Waals surface area contributed by atoms with Gasteiger partial charge in [0.1, 0.15) is 0 Å². The van der Waals surface area contributed by atoms with E-state index in [9.17, 15) is 4.79 Å². The second kappa shape index (κ2) is 10.9. The van der Waals surface area contributed by atoms with Gasteiger partial charge in [0.05, 0.1) is 32.7 Å². The zero-order valence-corrected chi connectivity index (χ0v) is 20.4. The summed E-state index contributed by atoms with van der Waals surface area (Å²) in [6, 6.07) is 14.3. The van der Waals surface area contributed by atoms with Crippen molar-refractivity contribution in [2.75, 3.05) is 70.1 Å². The van der Waals surface area contributed by atoms with Crippen LogP contribution in [0.15, 0.2) is 48.5 Å². The molecule has 1 aromatic heterocycles. The summed E-state index contributed by atoms with van der Waals surface area (Å²) in [6.07, 6.45) is 0. The number of aromatic nitrogens is 2. The normalized spacial score (nSPS) is 13.8. The number of piperazine rings is 1. The van der Waals surface area contributed by atoms with Gasteiger partial charge in [-0.05, 0) is 31.3 Å². The predicted molar refractivity (Wildman–Crippen MR) is 136 cm³/mol. The molecule has 0 atom stereocenters. The van der Waals surface area contributed by atoms with Gasteiger partial charge in [-0.1, -0.05) is 12.1 Å². The van der Waals surface area contributed by atoms with E-state index in [1.807, 2.05) is 36.4 Å². The molecule has 2 amide bonds. The molecule has 0 unspecified atom stereocenters. The van der Waals surface area contributed by atoms with Crippen molar-refractivity contribution in [3.05, 3.63) is 48.5 Å². The summed E-state index contributed by atoms with van der Waals surface area (Å²) in [4.78, 5) is 17.2. The van der Waals surface area contributed by atoms with Crippen LogP contribution in [0.25, 0.3) is 11.3 Å². The summed E-state index contributed by atoms with van der Waals surface area (Å²) in [5, 5.41) is 14.5. The predicted octanol–water partition coefficient (Wildman–Crippen LogP) is 3.57. The van der Waals surface area contributed by atoms with Crippen LogP contribution in [0.1, 0.15) is 0 Å². The lowest BCUT2D eigenvalue weighted by molar-refractivity contribution is 0.262. The summed E-state index contributed by atoms with van der Waals surface area (Å²) in [5.74, 6) is 2.22. The summed E-state index contributed by atoms with van der Waals surface area (Å²) in [5.41, 5.74) is 2.71. The lowest BCUT2D eigenvalue weighted by Gasteiger charge is -2.32. The molecule has 3 aromatic rings. The Hall–Kier alpha value is -4.05. The Morgan fingerprint density at radius 3 is 2.11 bits per heavy atom. The first-order valence-electron chi connectivity index (χ1n) is 11.3. The molecule has 184 valence electrons. The van der Waals surface area contributed by atoms with Crippen molar-refractivity contribution in [2.24, 2.45) is 0 Å². The molecule has 1 aliphatic heterocycles. The monoisotopic (exact) mass is 478 g/mol. The fourth-order valence-electron chi connectivity index (χ4n) is 3.89. The van der Waals surface area contributed by atoms with Gasteiger partial charge in [-0.15, -0.1) is 10.2 Å². The molecule has 2 heterocycles. The number of carbonyl (C=O) groups excluding carboxylic acids is 1. The molecule has 2 aromatic carbocycles. The van der Waals surface area contributed by atoms with Crippen LogP contribution in [0.5, 0.6) is 17.2 Å². The minimum atomic E-state index is -0.409. The SMILES string of the molecule is COc1cc(NC(=O)Nc2cccc(-c3ccc(N4CCN(C)CC4)nn3)c2)cc(OC)c1OC. The molecule has 1 saturated heterocycles. The van der Waals surface area contributed by atoms with Gasteiger partial charge in [-0.2, -0.15) is 0 Å². The van der Waals surface area contributed by atoms with Crippen molar-refractivity contribution in [1.82, 2.24) is 15.1 Å². The highest BCUT2D eigenvalue weighted by Crippen LogP contribution is 2.40. The van der Waals surface area contributed by atoms with E-state index in [0.717, 1.165) is 43.3 Å². The Morgan fingerprint density at radius 1 is 0.829 bits per heavy atom. The zero-order chi connectivity index (χ0) is 24.8. The number of benzene rings is 2. The number of likely N-dealkylation sites (N-methyl/N-ethyl adjacent to an activating group) is 1. The summed E-state index contributed by atoms with van der Waals surface area (Å²) < 4.78 is 16.0. The first-order valence-corrected chi connectivity index (χ1v) is 11.3. The van der Waals surface area contributed by atoms with Crippen molar-refractivity contribution < 1.29 is 19.0 Å². The highest BCUT2D eigenvalue weighted by atomic mass is 16.5. The van der Waals surface area contributed by atoms with Gasteiger partial charge in [-0.3, -0.25) is 0 Å². The Bertz CT molecular complexity index is 1140. The van der Waals surface area contributed by atoms with Gasteiger partial charge in [0.25, 0.3) is 0 Å². The molecular weight excluding hydrogens is 448 g/mol. The van der Waals surface area contributed by atoms with E-state index in [-0.39, 0.29) is 0 Å². The lowest BCUT2D eigenvalue weighted by atomic mass is 10.1. The maximum atomic E-state index is 12.7. The van der Waals surface area contributed by atoms with E-state index in [0.29, 0.717) is 28.6 Å². The molecule has 0 saturated carbocycles. The highest BCUT2D eigenvalue weighted by molar-refractivity contribution is 6.00. The van der Waals surface area contributed by atoms with E-state index in [2.05, 4.69) is 37.7 Å². The molecule has 1 fully saturated rings. The second-order valence-electron chi connectivity index (χ2n) is 8.14. The van der Waals surface area contributed by atoms with Gasteiger partial charge < -0.3 is 34.6 Å². The quantitative estimate of drug-likeness (QED) is 0.532. The molecule has 35 heavy (non-hydrogen) atoms. The van der Waals surface area contributed by atoms with Gasteiger partial charge in [0.15, 0.2) is 17.3 Å². The summed E-state index contributed by atoms with van der Waals surface area (Å²) in [7, 11) is 6.69. The summed E-state index contributed by atoms with van der Waals surface area (Å²) in [6.45, 7) is 3.89. The number of hydrogen-bond acceptors (Lipinski definition) is 8. The number of carbonyl (C=O) groups is 1. The number of rotatable bonds is 7. The largest absolute Gasteiger partial charge is 0.493 e. The molecule has 2 N–H and O–H groups in total. The molecule has 4 rings (SSSR count). The molecule has 0 spiro atoms. The number of anilines is 3. The second-order valence-corrected chi connectivity index (χ2v) is 8.14. The minimum absolute atomic E-state index is 0.409. The third kappa shape index (κ3) is 5.72. The Morgan fingerprint density at radius 2 is 1.51 bits per heavy atom. The van der Waals surface area contributed by atoms with Crippen LogP contribution in [0.4, 0.5) is 22.0 Å². The van der Waals surface area contributed by atoms with E-state index in [1.54, 1.807) is 12.1 Å². The molecule has 10 nitrogen and oxygen atoms in total. The third-order valence-electron chi connectivity index (χ3n) is 5.82. The lowest BCUT2D eigenvalue weighted by Crippen LogP contribution is -2.44. The van der Waals surface area contributed by atoms with Gasteiger partial charge in [0, 0.05) is 49.6 Å².